The van der Waals surface area contributed by atoms with Crippen molar-refractivity contribution in [3.63, 3.8) is 0 Å². The molecular formula is C18H33IN4O2S. The number of aliphatic imine (C=N–C) groups is 1. The van der Waals surface area contributed by atoms with Crippen molar-refractivity contribution in [1.82, 2.24) is 15.6 Å². The Labute approximate surface area is 178 Å². The Morgan fingerprint density at radius 2 is 2.31 bits per heavy atom. The Balaban J connectivity index is 0.00000338. The first-order valence-electron chi connectivity index (χ1n) is 9.34. The minimum atomic E-state index is 0. The average molecular weight is 496 g/mol. The van der Waals surface area contributed by atoms with Crippen LogP contribution in [0.5, 0.6) is 0 Å². The molecule has 1 aliphatic rings. The summed E-state index contributed by atoms with van der Waals surface area (Å²) in [4.78, 5) is 9.24. The van der Waals surface area contributed by atoms with Gasteiger partial charge in [-0.05, 0) is 26.2 Å². The maximum atomic E-state index is 5.68. The van der Waals surface area contributed by atoms with Gasteiger partial charge in [-0.25, -0.2) is 9.98 Å². The number of halogens is 1. The number of hydrogen-bond donors (Lipinski definition) is 2. The third kappa shape index (κ3) is 8.96. The fourth-order valence-electron chi connectivity index (χ4n) is 2.53. The SMILES string of the molecule is CCNC(=NCc1csc(C(C)C)n1)NCCCOCC1CCCO1.I. The summed E-state index contributed by atoms with van der Waals surface area (Å²) in [5, 5.41) is 9.90. The van der Waals surface area contributed by atoms with Gasteiger partial charge in [0.2, 0.25) is 0 Å². The van der Waals surface area contributed by atoms with Crippen molar-refractivity contribution >= 4 is 41.3 Å². The number of hydrogen-bond acceptors (Lipinski definition) is 5. The molecule has 0 spiro atoms. The van der Waals surface area contributed by atoms with Gasteiger partial charge in [0.25, 0.3) is 0 Å². The second-order valence-electron chi connectivity index (χ2n) is 6.52. The van der Waals surface area contributed by atoms with Crippen molar-refractivity contribution in [3.05, 3.63) is 16.1 Å². The molecule has 1 atom stereocenters. The lowest BCUT2D eigenvalue weighted by Crippen LogP contribution is -2.38. The van der Waals surface area contributed by atoms with Gasteiger partial charge in [-0.2, -0.15) is 0 Å². The van der Waals surface area contributed by atoms with Gasteiger partial charge in [-0.15, -0.1) is 35.3 Å². The van der Waals surface area contributed by atoms with E-state index in [1.165, 1.54) is 5.01 Å². The van der Waals surface area contributed by atoms with E-state index < -0.39 is 0 Å². The van der Waals surface area contributed by atoms with E-state index in [1.807, 2.05) is 0 Å². The number of guanidine groups is 1. The van der Waals surface area contributed by atoms with E-state index in [2.05, 4.69) is 46.8 Å². The smallest absolute Gasteiger partial charge is 0.191 e. The maximum Gasteiger partial charge on any atom is 0.191 e. The molecule has 0 bridgehead atoms. The molecular weight excluding hydrogens is 463 g/mol. The van der Waals surface area contributed by atoms with Gasteiger partial charge >= 0.3 is 0 Å². The van der Waals surface area contributed by atoms with E-state index in [0.717, 1.165) is 63.8 Å². The van der Waals surface area contributed by atoms with E-state index in [9.17, 15) is 0 Å². The molecule has 1 aromatic rings. The number of ether oxygens (including phenoxy) is 2. The molecule has 26 heavy (non-hydrogen) atoms. The summed E-state index contributed by atoms with van der Waals surface area (Å²) in [5.41, 5.74) is 1.03. The van der Waals surface area contributed by atoms with Gasteiger partial charge in [0, 0.05) is 37.6 Å². The summed E-state index contributed by atoms with van der Waals surface area (Å²) in [7, 11) is 0. The number of nitrogens with one attached hydrogen (secondary N) is 2. The Morgan fingerprint density at radius 1 is 1.46 bits per heavy atom. The van der Waals surface area contributed by atoms with Crippen molar-refractivity contribution in [2.24, 2.45) is 4.99 Å². The van der Waals surface area contributed by atoms with Gasteiger partial charge in [-0.3, -0.25) is 0 Å². The van der Waals surface area contributed by atoms with Crippen molar-refractivity contribution in [2.75, 3.05) is 32.9 Å². The summed E-state index contributed by atoms with van der Waals surface area (Å²) in [5.74, 6) is 1.31. The van der Waals surface area contributed by atoms with Crippen molar-refractivity contribution < 1.29 is 9.47 Å². The summed E-state index contributed by atoms with van der Waals surface area (Å²) in [6.45, 7) is 11.0. The molecule has 0 amide bonds. The molecule has 6 nitrogen and oxygen atoms in total. The predicted octanol–water partition coefficient (Wildman–Crippen LogP) is 3.53. The van der Waals surface area contributed by atoms with Crippen LogP contribution in [0.2, 0.25) is 0 Å². The van der Waals surface area contributed by atoms with Crippen LogP contribution in [0.15, 0.2) is 10.4 Å². The highest BCUT2D eigenvalue weighted by molar-refractivity contribution is 14.0. The molecule has 1 unspecified atom stereocenters. The van der Waals surface area contributed by atoms with Crippen molar-refractivity contribution in [1.29, 1.82) is 0 Å². The highest BCUT2D eigenvalue weighted by atomic mass is 127. The van der Waals surface area contributed by atoms with Gasteiger partial charge in [0.1, 0.15) is 0 Å². The lowest BCUT2D eigenvalue weighted by Gasteiger charge is -2.12. The van der Waals surface area contributed by atoms with Crippen LogP contribution < -0.4 is 10.6 Å². The van der Waals surface area contributed by atoms with Crippen LogP contribution in [0.25, 0.3) is 0 Å². The molecule has 1 fully saturated rings. The Bertz CT molecular complexity index is 519. The molecule has 0 saturated carbocycles. The maximum absolute atomic E-state index is 5.68. The van der Waals surface area contributed by atoms with Crippen LogP contribution in [0, 0.1) is 0 Å². The highest BCUT2D eigenvalue weighted by Gasteiger charge is 2.14. The standard InChI is InChI=1S/C18H32N4O2S.HI/c1-4-19-18(21-11-15-13-25-17(22-15)14(2)3)20-8-6-9-23-12-16-7-5-10-24-16;/h13-14,16H,4-12H2,1-3H3,(H2,19,20,21);1H. The lowest BCUT2D eigenvalue weighted by molar-refractivity contribution is 0.0168. The normalized spacial score (nSPS) is 17.4. The zero-order valence-corrected chi connectivity index (χ0v) is 19.3. The molecule has 1 aliphatic heterocycles. The fourth-order valence-corrected chi connectivity index (χ4v) is 3.36. The summed E-state index contributed by atoms with van der Waals surface area (Å²) in [6.07, 6.45) is 3.55. The molecule has 8 heteroatoms. The molecule has 1 saturated heterocycles. The van der Waals surface area contributed by atoms with E-state index in [0.29, 0.717) is 18.6 Å². The second-order valence-corrected chi connectivity index (χ2v) is 7.41. The first kappa shape index (κ1) is 23.6. The number of rotatable bonds is 10. The van der Waals surface area contributed by atoms with Gasteiger partial charge < -0.3 is 20.1 Å². The van der Waals surface area contributed by atoms with Crippen LogP contribution in [0.1, 0.15) is 56.7 Å². The Hall–Kier alpha value is -0.450. The first-order valence-corrected chi connectivity index (χ1v) is 10.2. The quantitative estimate of drug-likeness (QED) is 0.225. The van der Waals surface area contributed by atoms with Crippen molar-refractivity contribution in [2.45, 2.75) is 58.6 Å². The van der Waals surface area contributed by atoms with Crippen LogP contribution >= 0.6 is 35.3 Å². The molecule has 0 radical (unpaired) electrons. The molecule has 2 rings (SSSR count). The Kier molecular flexibility index (Phi) is 12.4. The van der Waals surface area contributed by atoms with Gasteiger partial charge in [0.15, 0.2) is 5.96 Å². The predicted molar refractivity (Wildman–Crippen MR) is 119 cm³/mol. The Morgan fingerprint density at radius 3 is 2.96 bits per heavy atom. The monoisotopic (exact) mass is 496 g/mol. The molecule has 0 aromatic carbocycles. The largest absolute Gasteiger partial charge is 0.379 e. The average Bonchev–Trinajstić information content (AvgIpc) is 3.27. The van der Waals surface area contributed by atoms with E-state index >= 15 is 0 Å². The summed E-state index contributed by atoms with van der Waals surface area (Å²) >= 11 is 1.71. The van der Waals surface area contributed by atoms with Crippen LogP contribution in [-0.2, 0) is 16.0 Å². The number of aromatic nitrogens is 1. The summed E-state index contributed by atoms with van der Waals surface area (Å²) < 4.78 is 11.2. The van der Waals surface area contributed by atoms with Crippen LogP contribution in [-0.4, -0.2) is 50.0 Å². The third-order valence-corrected chi connectivity index (χ3v) is 5.09. The summed E-state index contributed by atoms with van der Waals surface area (Å²) in [6, 6.07) is 0. The van der Waals surface area contributed by atoms with E-state index in [1.54, 1.807) is 11.3 Å². The highest BCUT2D eigenvalue weighted by Crippen LogP contribution is 2.19. The molecule has 1 aromatic heterocycles. The fraction of sp³-hybridized carbons (Fsp3) is 0.778. The molecule has 150 valence electrons. The third-order valence-electron chi connectivity index (χ3n) is 3.89. The number of nitrogens with zero attached hydrogens (tertiary/aromatic N) is 2. The number of thiazole rings is 1. The van der Waals surface area contributed by atoms with E-state index in [-0.39, 0.29) is 24.0 Å². The van der Waals surface area contributed by atoms with Crippen molar-refractivity contribution in [3.8, 4) is 0 Å². The minimum Gasteiger partial charge on any atom is -0.379 e. The molecule has 2 N–H and O–H groups in total. The molecule has 0 aliphatic carbocycles. The minimum absolute atomic E-state index is 0. The zero-order chi connectivity index (χ0) is 17.9. The van der Waals surface area contributed by atoms with Crippen LogP contribution in [0.4, 0.5) is 0 Å². The van der Waals surface area contributed by atoms with Crippen LogP contribution in [0.3, 0.4) is 0 Å². The molecule has 2 heterocycles. The second kappa shape index (κ2) is 13.7. The van der Waals surface area contributed by atoms with E-state index in [4.69, 9.17) is 9.47 Å². The lowest BCUT2D eigenvalue weighted by atomic mass is 10.2. The first-order chi connectivity index (χ1) is 12.2. The topological polar surface area (TPSA) is 67.8 Å². The van der Waals surface area contributed by atoms with Gasteiger partial charge in [-0.1, -0.05) is 13.8 Å². The van der Waals surface area contributed by atoms with Gasteiger partial charge in [0.05, 0.1) is 30.0 Å². The zero-order valence-electron chi connectivity index (χ0n) is 16.1.